The molecular weight excluding hydrogens is 272 g/mol. The molecule has 2 N–H and O–H groups in total. The molecule has 9 heteroatoms. The first-order valence-corrected chi connectivity index (χ1v) is 5.89. The van der Waals surface area contributed by atoms with Crippen LogP contribution in [-0.4, -0.2) is 57.8 Å². The van der Waals surface area contributed by atoms with E-state index in [2.05, 4.69) is 9.72 Å². The third kappa shape index (κ3) is 1.71. The third-order valence-electron chi connectivity index (χ3n) is 3.31. The zero-order chi connectivity index (χ0) is 14.4. The molecule has 9 nitrogen and oxygen atoms in total. The molecule has 0 unspecified atom stereocenters. The number of aromatic nitrogens is 2. The second-order valence-electron chi connectivity index (χ2n) is 4.44. The molecule has 1 aromatic heterocycles. The van der Waals surface area contributed by atoms with Crippen LogP contribution in [0.25, 0.3) is 0 Å². The molecule has 3 heterocycles. The quantitative estimate of drug-likeness (QED) is 0.601. The minimum absolute atomic E-state index is 0.0826. The van der Waals surface area contributed by atoms with E-state index in [-0.39, 0.29) is 11.7 Å². The summed E-state index contributed by atoms with van der Waals surface area (Å²) in [5, 5.41) is 19.0. The molecule has 3 rings (SSSR count). The van der Waals surface area contributed by atoms with Gasteiger partial charge < -0.3 is 24.4 Å². The minimum Gasteiger partial charge on any atom is -0.464 e. The van der Waals surface area contributed by atoms with Gasteiger partial charge in [0.25, 0.3) is 5.56 Å². The molecule has 1 aromatic rings. The minimum atomic E-state index is -1.09. The number of aliphatic hydroxyl groups is 2. The Labute approximate surface area is 112 Å². The van der Waals surface area contributed by atoms with Gasteiger partial charge in [-0.25, -0.2) is 4.79 Å². The van der Waals surface area contributed by atoms with Crippen LogP contribution >= 0.6 is 0 Å². The predicted octanol–water partition coefficient (Wildman–Crippen LogP) is -1.96. The van der Waals surface area contributed by atoms with Crippen LogP contribution in [0.15, 0.2) is 10.9 Å². The smallest absolute Gasteiger partial charge is 0.355 e. The molecule has 1 fully saturated rings. The Balaban J connectivity index is 2.09. The van der Waals surface area contributed by atoms with Gasteiger partial charge in [0.15, 0.2) is 12.3 Å². The zero-order valence-corrected chi connectivity index (χ0v) is 10.4. The van der Waals surface area contributed by atoms with Crippen LogP contribution in [0, 0.1) is 0 Å². The van der Waals surface area contributed by atoms with Crippen molar-refractivity contribution in [3.05, 3.63) is 22.1 Å². The summed E-state index contributed by atoms with van der Waals surface area (Å²) in [5.74, 6) is -0.750. The van der Waals surface area contributed by atoms with E-state index in [0.717, 1.165) is 6.07 Å². The number of hydrogen-bond donors (Lipinski definition) is 2. The number of carbonyl (C=O) groups is 1. The monoisotopic (exact) mass is 284 g/mol. The van der Waals surface area contributed by atoms with Gasteiger partial charge in [-0.3, -0.25) is 9.36 Å². The maximum absolute atomic E-state index is 11.7. The molecule has 0 bridgehead atoms. The Morgan fingerprint density at radius 2 is 2.35 bits per heavy atom. The van der Waals surface area contributed by atoms with Gasteiger partial charge in [-0.15, -0.1) is 0 Å². The van der Waals surface area contributed by atoms with Crippen molar-refractivity contribution >= 4 is 5.97 Å². The van der Waals surface area contributed by atoms with Crippen molar-refractivity contribution in [1.29, 1.82) is 0 Å². The number of ether oxygens (including phenoxy) is 3. The van der Waals surface area contributed by atoms with Gasteiger partial charge in [0.05, 0.1) is 13.7 Å². The standard InChI is InChI=1S/C11H12N2O7/c1-18-10(17)4-2-6(15)12-11-13(4)9-8(20-11)7(16)5(3-14)19-9/h2,5,7-9,14,16H,3H2,1H3/t5-,7+,8-,9+/m0/s1. The second kappa shape index (κ2) is 4.54. The van der Waals surface area contributed by atoms with E-state index in [0.29, 0.717) is 0 Å². The molecule has 0 spiro atoms. The summed E-state index contributed by atoms with van der Waals surface area (Å²) < 4.78 is 16.6. The highest BCUT2D eigenvalue weighted by Crippen LogP contribution is 2.39. The summed E-state index contributed by atoms with van der Waals surface area (Å²) in [5.41, 5.74) is -0.745. The number of rotatable bonds is 2. The van der Waals surface area contributed by atoms with Crippen molar-refractivity contribution in [3.63, 3.8) is 0 Å². The highest BCUT2D eigenvalue weighted by molar-refractivity contribution is 5.87. The van der Waals surface area contributed by atoms with Crippen molar-refractivity contribution in [2.24, 2.45) is 0 Å². The highest BCUT2D eigenvalue weighted by Gasteiger charge is 2.52. The molecule has 0 saturated carbocycles. The fourth-order valence-electron chi connectivity index (χ4n) is 2.39. The first-order chi connectivity index (χ1) is 9.56. The Morgan fingerprint density at radius 1 is 1.60 bits per heavy atom. The van der Waals surface area contributed by atoms with E-state index in [9.17, 15) is 14.7 Å². The van der Waals surface area contributed by atoms with Crippen molar-refractivity contribution in [1.82, 2.24) is 9.55 Å². The molecule has 0 aromatic carbocycles. The normalized spacial score (nSPS) is 30.6. The third-order valence-corrected chi connectivity index (χ3v) is 3.31. The lowest BCUT2D eigenvalue weighted by Crippen LogP contribution is -2.34. The van der Waals surface area contributed by atoms with E-state index in [1.54, 1.807) is 0 Å². The van der Waals surface area contributed by atoms with Gasteiger partial charge >= 0.3 is 12.0 Å². The number of esters is 1. The lowest BCUT2D eigenvalue weighted by molar-refractivity contribution is -0.0443. The molecule has 108 valence electrons. The van der Waals surface area contributed by atoms with E-state index in [1.807, 2.05) is 0 Å². The SMILES string of the molecule is COC(=O)c1cc(=O)nc2n1[C@@H]1O[C@@H](CO)[C@@H](O)[C@@H]1O2. The summed E-state index contributed by atoms with van der Waals surface area (Å²) in [6.07, 6.45) is -3.61. The van der Waals surface area contributed by atoms with Gasteiger partial charge in [-0.05, 0) is 0 Å². The average molecular weight is 284 g/mol. The molecule has 4 atom stereocenters. The Hall–Kier alpha value is -1.97. The first kappa shape index (κ1) is 13.0. The van der Waals surface area contributed by atoms with Crippen molar-refractivity contribution in [2.75, 3.05) is 13.7 Å². The lowest BCUT2D eigenvalue weighted by atomic mass is 10.1. The number of hydrogen-bond acceptors (Lipinski definition) is 8. The lowest BCUT2D eigenvalue weighted by Gasteiger charge is -2.15. The van der Waals surface area contributed by atoms with Gasteiger partial charge in [-0.1, -0.05) is 0 Å². The van der Waals surface area contributed by atoms with Gasteiger partial charge in [-0.2, -0.15) is 4.98 Å². The molecule has 0 amide bonds. The summed E-state index contributed by atoms with van der Waals surface area (Å²) in [6, 6.07) is 0.881. The molecule has 0 radical (unpaired) electrons. The summed E-state index contributed by atoms with van der Waals surface area (Å²) in [4.78, 5) is 26.8. The number of aliphatic hydroxyl groups excluding tert-OH is 2. The maximum atomic E-state index is 11.7. The van der Waals surface area contributed by atoms with Crippen LogP contribution in [0.1, 0.15) is 16.7 Å². The van der Waals surface area contributed by atoms with Gasteiger partial charge in [0, 0.05) is 6.07 Å². The van der Waals surface area contributed by atoms with Crippen molar-refractivity contribution in [2.45, 2.75) is 24.5 Å². The van der Waals surface area contributed by atoms with E-state index < -0.39 is 42.7 Å². The highest BCUT2D eigenvalue weighted by atomic mass is 16.6. The second-order valence-corrected chi connectivity index (χ2v) is 4.44. The number of fused-ring (bicyclic) bond motifs is 3. The summed E-state index contributed by atoms with van der Waals surface area (Å²) in [6.45, 7) is -0.395. The largest absolute Gasteiger partial charge is 0.464 e. The van der Waals surface area contributed by atoms with Crippen molar-refractivity contribution < 1.29 is 29.2 Å². The number of methoxy groups -OCH3 is 1. The Kier molecular flexibility index (Phi) is 2.96. The van der Waals surface area contributed by atoms with Crippen LogP contribution in [-0.2, 0) is 9.47 Å². The van der Waals surface area contributed by atoms with E-state index >= 15 is 0 Å². The van der Waals surface area contributed by atoms with E-state index in [1.165, 1.54) is 11.7 Å². The molecule has 2 aliphatic heterocycles. The molecular formula is C11H12N2O7. The van der Waals surface area contributed by atoms with Gasteiger partial charge in [0.1, 0.15) is 17.9 Å². The summed E-state index contributed by atoms with van der Waals surface area (Å²) >= 11 is 0. The van der Waals surface area contributed by atoms with Crippen LogP contribution in [0.4, 0.5) is 0 Å². The van der Waals surface area contributed by atoms with Crippen molar-refractivity contribution in [3.8, 4) is 6.01 Å². The fraction of sp³-hybridized carbons (Fsp3) is 0.545. The average Bonchev–Trinajstić information content (AvgIpc) is 2.93. The molecule has 0 aliphatic carbocycles. The first-order valence-electron chi connectivity index (χ1n) is 5.89. The van der Waals surface area contributed by atoms with Crippen LogP contribution in [0.3, 0.4) is 0 Å². The van der Waals surface area contributed by atoms with Gasteiger partial charge in [0.2, 0.25) is 0 Å². The van der Waals surface area contributed by atoms with Crippen LogP contribution < -0.4 is 10.3 Å². The van der Waals surface area contributed by atoms with E-state index in [4.69, 9.17) is 14.6 Å². The predicted molar refractivity (Wildman–Crippen MR) is 61.3 cm³/mol. The van der Waals surface area contributed by atoms with Crippen LogP contribution in [0.2, 0.25) is 0 Å². The molecule has 20 heavy (non-hydrogen) atoms. The zero-order valence-electron chi connectivity index (χ0n) is 10.4. The summed E-state index contributed by atoms with van der Waals surface area (Å²) in [7, 11) is 1.17. The Morgan fingerprint density at radius 3 is 3.00 bits per heavy atom. The number of nitrogens with zero attached hydrogens (tertiary/aromatic N) is 2. The molecule has 1 saturated heterocycles. The number of carbonyl (C=O) groups excluding carboxylic acids is 1. The van der Waals surface area contributed by atoms with Crippen LogP contribution in [0.5, 0.6) is 6.01 Å². The fourth-order valence-corrected chi connectivity index (χ4v) is 2.39. The topological polar surface area (TPSA) is 120 Å². The molecule has 2 aliphatic rings. The Bertz CT molecular complexity index is 613. The maximum Gasteiger partial charge on any atom is 0.355 e.